The number of nitrogens with one attached hydrogen (secondary N) is 3. The second-order valence-electron chi connectivity index (χ2n) is 6.77. The van der Waals surface area contributed by atoms with E-state index >= 15 is 0 Å². The number of nitrogens with zero attached hydrogens (tertiary/aromatic N) is 1. The third-order valence-corrected chi connectivity index (χ3v) is 5.00. The standard InChI is InChI=1S/C20H20Cl2N4O8/c1-33-20(32)26-14(5-10-7-23-9-24-10)18(30)25-13(6-16(28)29)15(27)8-34-19(31)17-11(21)3-2-4-12(17)22/h2-4,7,9,13-14H,5-6,8H2,1H3,(H,23,24)(H,25,30)(H,26,32)(H,28,29). The van der Waals surface area contributed by atoms with Gasteiger partial charge in [-0.05, 0) is 12.1 Å². The lowest BCUT2D eigenvalue weighted by Gasteiger charge is -2.21. The monoisotopic (exact) mass is 514 g/mol. The Kier molecular flexibility index (Phi) is 9.83. The first-order valence-electron chi connectivity index (χ1n) is 9.60. The van der Waals surface area contributed by atoms with Crippen LogP contribution in [0.2, 0.25) is 10.0 Å². The summed E-state index contributed by atoms with van der Waals surface area (Å²) < 4.78 is 9.42. The molecule has 2 unspecified atom stereocenters. The van der Waals surface area contributed by atoms with Crippen LogP contribution < -0.4 is 10.6 Å². The lowest BCUT2D eigenvalue weighted by atomic mass is 10.1. The summed E-state index contributed by atoms with van der Waals surface area (Å²) in [5.74, 6) is -4.19. The molecule has 4 N–H and O–H groups in total. The van der Waals surface area contributed by atoms with Gasteiger partial charge in [0.05, 0.1) is 35.5 Å². The number of amides is 2. The molecule has 2 aromatic rings. The van der Waals surface area contributed by atoms with Crippen LogP contribution in [-0.4, -0.2) is 70.6 Å². The summed E-state index contributed by atoms with van der Waals surface area (Å²) in [4.78, 5) is 67.1. The Labute approximate surface area is 202 Å². The molecule has 0 aliphatic carbocycles. The fourth-order valence-electron chi connectivity index (χ4n) is 2.72. The summed E-state index contributed by atoms with van der Waals surface area (Å²) in [6, 6.07) is 1.50. The van der Waals surface area contributed by atoms with Gasteiger partial charge in [0.25, 0.3) is 0 Å². The van der Waals surface area contributed by atoms with E-state index in [9.17, 15) is 24.0 Å². The average molecular weight is 515 g/mol. The molecule has 2 atom stereocenters. The van der Waals surface area contributed by atoms with Gasteiger partial charge in [0.2, 0.25) is 5.91 Å². The van der Waals surface area contributed by atoms with Gasteiger partial charge in [0.15, 0.2) is 12.4 Å². The maximum absolute atomic E-state index is 12.8. The molecule has 1 aromatic carbocycles. The van der Waals surface area contributed by atoms with Crippen molar-refractivity contribution in [1.82, 2.24) is 20.6 Å². The number of carboxylic acids is 1. The van der Waals surface area contributed by atoms with Gasteiger partial charge in [-0.3, -0.25) is 14.4 Å². The number of esters is 1. The molecule has 12 nitrogen and oxygen atoms in total. The number of H-pyrrole nitrogens is 1. The summed E-state index contributed by atoms with van der Waals surface area (Å²) in [7, 11) is 1.09. The Balaban J connectivity index is 2.10. The number of aliphatic carboxylic acids is 1. The topological polar surface area (TPSA) is 177 Å². The largest absolute Gasteiger partial charge is 0.481 e. The number of methoxy groups -OCH3 is 1. The maximum Gasteiger partial charge on any atom is 0.407 e. The number of carbonyl (C=O) groups is 5. The number of imidazole rings is 1. The highest BCUT2D eigenvalue weighted by molar-refractivity contribution is 6.39. The molecule has 0 aliphatic heterocycles. The van der Waals surface area contributed by atoms with Gasteiger partial charge in [-0.15, -0.1) is 0 Å². The molecule has 34 heavy (non-hydrogen) atoms. The number of ketones is 1. The highest BCUT2D eigenvalue weighted by Gasteiger charge is 2.30. The zero-order chi connectivity index (χ0) is 25.3. The van der Waals surface area contributed by atoms with E-state index in [2.05, 4.69) is 25.3 Å². The van der Waals surface area contributed by atoms with Gasteiger partial charge < -0.3 is 30.2 Å². The summed E-state index contributed by atoms with van der Waals surface area (Å²) in [5.41, 5.74) is 0.308. The quantitative estimate of drug-likeness (QED) is 0.322. The summed E-state index contributed by atoms with van der Waals surface area (Å²) in [5, 5.41) is 13.7. The van der Waals surface area contributed by atoms with Crippen molar-refractivity contribution < 1.29 is 38.6 Å². The Morgan fingerprint density at radius 2 is 1.79 bits per heavy atom. The van der Waals surface area contributed by atoms with E-state index in [-0.39, 0.29) is 22.0 Å². The zero-order valence-corrected chi connectivity index (χ0v) is 19.2. The Morgan fingerprint density at radius 1 is 1.12 bits per heavy atom. The number of alkyl carbamates (subject to hydrolysis) is 1. The number of halogens is 2. The number of rotatable bonds is 11. The molecule has 0 fully saturated rings. The number of aromatic amines is 1. The van der Waals surface area contributed by atoms with E-state index in [1.165, 1.54) is 30.7 Å². The first-order valence-corrected chi connectivity index (χ1v) is 10.4. The van der Waals surface area contributed by atoms with Gasteiger partial charge in [0, 0.05) is 18.3 Å². The van der Waals surface area contributed by atoms with Gasteiger partial charge >= 0.3 is 18.0 Å². The van der Waals surface area contributed by atoms with Crippen LogP contribution >= 0.6 is 23.2 Å². The van der Waals surface area contributed by atoms with Crippen LogP contribution in [0.1, 0.15) is 22.5 Å². The van der Waals surface area contributed by atoms with Crippen LogP contribution in [0, 0.1) is 0 Å². The second-order valence-corrected chi connectivity index (χ2v) is 7.58. The number of hydrogen-bond donors (Lipinski definition) is 4. The number of ether oxygens (including phenoxy) is 2. The minimum Gasteiger partial charge on any atom is -0.481 e. The van der Waals surface area contributed by atoms with Gasteiger partial charge in [0.1, 0.15) is 12.1 Å². The normalized spacial score (nSPS) is 12.2. The predicted octanol–water partition coefficient (Wildman–Crippen LogP) is 1.37. The first-order chi connectivity index (χ1) is 16.1. The lowest BCUT2D eigenvalue weighted by Crippen LogP contribution is -2.53. The molecule has 0 radical (unpaired) electrons. The summed E-state index contributed by atoms with van der Waals surface area (Å²) >= 11 is 11.9. The van der Waals surface area contributed by atoms with Crippen molar-refractivity contribution in [1.29, 1.82) is 0 Å². The van der Waals surface area contributed by atoms with Crippen LogP contribution in [0.25, 0.3) is 0 Å². The molecule has 14 heteroatoms. The van der Waals surface area contributed by atoms with Crippen molar-refractivity contribution in [2.45, 2.75) is 24.9 Å². The number of aromatic nitrogens is 2. The van der Waals surface area contributed by atoms with E-state index in [1.807, 2.05) is 0 Å². The van der Waals surface area contributed by atoms with Gasteiger partial charge in [-0.2, -0.15) is 0 Å². The molecule has 1 aromatic heterocycles. The van der Waals surface area contributed by atoms with E-state index in [0.29, 0.717) is 5.69 Å². The van der Waals surface area contributed by atoms with Crippen molar-refractivity contribution in [3.63, 3.8) is 0 Å². The van der Waals surface area contributed by atoms with Gasteiger partial charge in [-0.1, -0.05) is 29.3 Å². The molecule has 2 rings (SSSR count). The highest BCUT2D eigenvalue weighted by atomic mass is 35.5. The Bertz CT molecular complexity index is 1040. The molecule has 2 amide bonds. The number of carboxylic acid groups (broad SMARTS) is 1. The zero-order valence-electron chi connectivity index (χ0n) is 17.7. The van der Waals surface area contributed by atoms with Crippen LogP contribution in [0.3, 0.4) is 0 Å². The van der Waals surface area contributed by atoms with E-state index in [0.717, 1.165) is 7.11 Å². The van der Waals surface area contributed by atoms with Crippen LogP contribution in [0.15, 0.2) is 30.7 Å². The summed E-state index contributed by atoms with van der Waals surface area (Å²) in [6.45, 7) is -0.867. The molecule has 0 spiro atoms. The van der Waals surface area contributed by atoms with Gasteiger partial charge in [-0.25, -0.2) is 14.6 Å². The second kappa shape index (κ2) is 12.6. The summed E-state index contributed by atoms with van der Waals surface area (Å²) in [6.07, 6.45) is 0.988. The molecule has 1 heterocycles. The molecule has 0 aliphatic rings. The minimum atomic E-state index is -1.57. The molecule has 182 valence electrons. The van der Waals surface area contributed by atoms with Crippen molar-refractivity contribution in [3.8, 4) is 0 Å². The third kappa shape index (κ3) is 7.74. The van der Waals surface area contributed by atoms with E-state index in [1.54, 1.807) is 0 Å². The maximum atomic E-state index is 12.8. The minimum absolute atomic E-state index is 0.00382. The number of hydrogen-bond acceptors (Lipinski definition) is 8. The van der Waals surface area contributed by atoms with Crippen molar-refractivity contribution >= 4 is 52.9 Å². The van der Waals surface area contributed by atoms with Crippen LogP contribution in [-0.2, 0) is 30.3 Å². The molecule has 0 saturated carbocycles. The lowest BCUT2D eigenvalue weighted by molar-refractivity contribution is -0.140. The Morgan fingerprint density at radius 3 is 2.35 bits per heavy atom. The smallest absolute Gasteiger partial charge is 0.407 e. The first kappa shape index (κ1) is 26.6. The average Bonchev–Trinajstić information content (AvgIpc) is 3.29. The van der Waals surface area contributed by atoms with Crippen molar-refractivity contribution in [3.05, 3.63) is 52.0 Å². The van der Waals surface area contributed by atoms with Crippen molar-refractivity contribution in [2.24, 2.45) is 0 Å². The van der Waals surface area contributed by atoms with E-state index in [4.69, 9.17) is 33.0 Å². The van der Waals surface area contributed by atoms with Crippen molar-refractivity contribution in [2.75, 3.05) is 13.7 Å². The van der Waals surface area contributed by atoms with E-state index < -0.39 is 54.8 Å². The fourth-order valence-corrected chi connectivity index (χ4v) is 3.27. The van der Waals surface area contributed by atoms with Crippen LogP contribution in [0.5, 0.6) is 0 Å². The molecule has 0 saturated heterocycles. The molecular formula is C20H20Cl2N4O8. The number of benzene rings is 1. The highest BCUT2D eigenvalue weighted by Crippen LogP contribution is 2.24. The van der Waals surface area contributed by atoms with Crippen LogP contribution in [0.4, 0.5) is 4.79 Å². The Hall–Kier alpha value is -3.64. The molecular weight excluding hydrogens is 495 g/mol. The number of carbonyl (C=O) groups excluding carboxylic acids is 4. The fraction of sp³-hybridized carbons (Fsp3) is 0.300. The third-order valence-electron chi connectivity index (χ3n) is 4.37. The SMILES string of the molecule is COC(=O)NC(Cc1cnc[nH]1)C(=O)NC(CC(=O)O)C(=O)COC(=O)c1c(Cl)cccc1Cl. The number of Topliss-reactive ketones (excluding diaryl/α,β-unsaturated/α-hetero) is 1. The predicted molar refractivity (Wildman–Crippen MR) is 118 cm³/mol. The molecule has 0 bridgehead atoms.